The molecule has 1 aromatic carbocycles. The molecule has 2 rings (SSSR count). The lowest BCUT2D eigenvalue weighted by Crippen LogP contribution is -2.36. The molecule has 0 fully saturated rings. The molecule has 0 amide bonds. The maximum absolute atomic E-state index is 2.25. The zero-order valence-corrected chi connectivity index (χ0v) is 10.4. The van der Waals surface area contributed by atoms with Crippen molar-refractivity contribution in [1.82, 2.24) is 0 Å². The number of aromatic nitrogens is 1. The molecule has 0 unspecified atom stereocenters. The van der Waals surface area contributed by atoms with Gasteiger partial charge in [-0.15, -0.1) is 0 Å². The Hall–Kier alpha value is -1.63. The quantitative estimate of drug-likeness (QED) is 0.675. The molecule has 0 radical (unpaired) electrons. The fraction of sp³-hybridized carbons (Fsp3) is 0.267. The highest BCUT2D eigenvalue weighted by Gasteiger charge is 2.04. The van der Waals surface area contributed by atoms with Crippen LogP contribution in [0.25, 0.3) is 0 Å². The van der Waals surface area contributed by atoms with Gasteiger partial charge in [-0.25, -0.2) is 0 Å². The Morgan fingerprint density at radius 1 is 0.875 bits per heavy atom. The topological polar surface area (TPSA) is 3.88 Å². The van der Waals surface area contributed by atoms with Gasteiger partial charge in [0.25, 0.3) is 0 Å². The van der Waals surface area contributed by atoms with E-state index in [4.69, 9.17) is 0 Å². The van der Waals surface area contributed by atoms with Gasteiger partial charge in [-0.2, -0.15) is 4.57 Å². The first kappa shape index (κ1) is 12.4. The van der Waals surface area contributed by atoms with E-state index in [0.717, 1.165) is 6.54 Å². The first-order chi connectivity index (χ1) is 7.86. The summed E-state index contributed by atoms with van der Waals surface area (Å²) >= 11 is 0. The lowest BCUT2D eigenvalue weighted by molar-refractivity contribution is -0.694. The van der Waals surface area contributed by atoms with Gasteiger partial charge in [0.1, 0.15) is 0 Å². The van der Waals surface area contributed by atoms with E-state index in [1.54, 1.807) is 0 Å². The third kappa shape index (κ3) is 3.50. The van der Waals surface area contributed by atoms with Crippen molar-refractivity contribution in [2.75, 3.05) is 0 Å². The summed E-state index contributed by atoms with van der Waals surface area (Å²) in [6.07, 6.45) is 2.11. The van der Waals surface area contributed by atoms with Crippen LogP contribution in [0.4, 0.5) is 0 Å². The summed E-state index contributed by atoms with van der Waals surface area (Å²) in [6.45, 7) is 7.08. The van der Waals surface area contributed by atoms with E-state index >= 15 is 0 Å². The smallest absolute Gasteiger partial charge is 0.178 e. The molecule has 0 atom stereocenters. The number of benzene rings is 1. The molecule has 1 heterocycles. The highest BCUT2D eigenvalue weighted by atomic mass is 14.9. The summed E-state index contributed by atoms with van der Waals surface area (Å²) < 4.78 is 2.25. The fourth-order valence-electron chi connectivity index (χ4n) is 1.52. The van der Waals surface area contributed by atoms with Crippen LogP contribution in [0.3, 0.4) is 0 Å². The molecule has 16 heavy (non-hydrogen) atoms. The lowest BCUT2D eigenvalue weighted by Gasteiger charge is -1.99. The second-order valence-corrected chi connectivity index (χ2v) is 3.46. The monoisotopic (exact) mass is 214 g/mol. The molecule has 0 bridgehead atoms. The third-order valence-corrected chi connectivity index (χ3v) is 2.36. The van der Waals surface area contributed by atoms with Crippen LogP contribution in [-0.4, -0.2) is 0 Å². The lowest BCUT2D eigenvalue weighted by atomic mass is 10.2. The molecule has 0 spiro atoms. The maximum Gasteiger partial charge on any atom is 0.178 e. The molecule has 0 aliphatic carbocycles. The van der Waals surface area contributed by atoms with E-state index in [0.29, 0.717) is 0 Å². The first-order valence-electron chi connectivity index (χ1n) is 5.85. The number of nitrogens with zero attached hydrogens (tertiary/aromatic N) is 1. The van der Waals surface area contributed by atoms with Crippen LogP contribution in [0.1, 0.15) is 25.1 Å². The van der Waals surface area contributed by atoms with Gasteiger partial charge in [-0.1, -0.05) is 50.2 Å². The summed E-state index contributed by atoms with van der Waals surface area (Å²) in [6, 6.07) is 16.8. The van der Waals surface area contributed by atoms with Crippen LogP contribution in [0.5, 0.6) is 0 Å². The van der Waals surface area contributed by atoms with E-state index in [2.05, 4.69) is 60.2 Å². The summed E-state index contributed by atoms with van der Waals surface area (Å²) in [4.78, 5) is 0. The van der Waals surface area contributed by atoms with E-state index in [1.807, 2.05) is 19.9 Å². The number of rotatable bonds is 2. The standard InChI is InChI=1S/C13H14N.C2H6/c1-12-7-5-6-10-14(12)11-13-8-3-2-4-9-13;1-2/h2-10H,11H2,1H3;1-2H3/q+1;. The Labute approximate surface area is 98.4 Å². The van der Waals surface area contributed by atoms with Crippen molar-refractivity contribution in [2.24, 2.45) is 0 Å². The molecule has 0 saturated carbocycles. The van der Waals surface area contributed by atoms with Gasteiger partial charge < -0.3 is 0 Å². The van der Waals surface area contributed by atoms with Crippen LogP contribution in [0.15, 0.2) is 54.7 Å². The summed E-state index contributed by atoms with van der Waals surface area (Å²) in [5, 5.41) is 0. The molecule has 2 aromatic rings. The second kappa shape index (κ2) is 6.78. The highest BCUT2D eigenvalue weighted by molar-refractivity contribution is 5.13. The summed E-state index contributed by atoms with van der Waals surface area (Å²) in [5.41, 5.74) is 2.63. The van der Waals surface area contributed by atoms with E-state index in [-0.39, 0.29) is 0 Å². The van der Waals surface area contributed by atoms with Crippen molar-refractivity contribution in [1.29, 1.82) is 0 Å². The van der Waals surface area contributed by atoms with Crippen LogP contribution in [0, 0.1) is 6.92 Å². The Morgan fingerprint density at radius 3 is 2.12 bits per heavy atom. The minimum atomic E-state index is 0.952. The third-order valence-electron chi connectivity index (χ3n) is 2.36. The van der Waals surface area contributed by atoms with Crippen molar-refractivity contribution in [3.8, 4) is 0 Å². The minimum absolute atomic E-state index is 0.952. The fourth-order valence-corrected chi connectivity index (χ4v) is 1.52. The van der Waals surface area contributed by atoms with Crippen molar-refractivity contribution in [3.05, 3.63) is 66.0 Å². The van der Waals surface area contributed by atoms with E-state index < -0.39 is 0 Å². The second-order valence-electron chi connectivity index (χ2n) is 3.46. The Balaban J connectivity index is 0.000000606. The van der Waals surface area contributed by atoms with Crippen LogP contribution < -0.4 is 4.57 Å². The van der Waals surface area contributed by atoms with Crippen molar-refractivity contribution < 1.29 is 4.57 Å². The minimum Gasteiger partial charge on any atom is -0.198 e. The van der Waals surface area contributed by atoms with Crippen LogP contribution >= 0.6 is 0 Å². The van der Waals surface area contributed by atoms with Crippen LogP contribution in [0.2, 0.25) is 0 Å². The molecule has 0 aliphatic heterocycles. The molecule has 0 N–H and O–H groups in total. The van der Waals surface area contributed by atoms with Crippen molar-refractivity contribution >= 4 is 0 Å². The van der Waals surface area contributed by atoms with Crippen molar-refractivity contribution in [3.63, 3.8) is 0 Å². The average molecular weight is 214 g/mol. The Bertz CT molecular complexity index is 407. The first-order valence-corrected chi connectivity index (χ1v) is 5.85. The van der Waals surface area contributed by atoms with Gasteiger partial charge in [-0.3, -0.25) is 0 Å². The van der Waals surface area contributed by atoms with Gasteiger partial charge in [0.05, 0.1) is 0 Å². The predicted molar refractivity (Wildman–Crippen MR) is 68.3 cm³/mol. The number of aryl methyl sites for hydroxylation is 1. The molecular weight excluding hydrogens is 194 g/mol. The Morgan fingerprint density at radius 2 is 1.50 bits per heavy atom. The Kier molecular flexibility index (Phi) is 5.27. The average Bonchev–Trinajstić information content (AvgIpc) is 2.36. The summed E-state index contributed by atoms with van der Waals surface area (Å²) in [5.74, 6) is 0. The van der Waals surface area contributed by atoms with Gasteiger partial charge in [0.2, 0.25) is 0 Å². The summed E-state index contributed by atoms with van der Waals surface area (Å²) in [7, 11) is 0. The predicted octanol–water partition coefficient (Wildman–Crippen LogP) is 3.36. The SMILES string of the molecule is CC.Cc1cccc[n+]1Cc1ccccc1. The number of hydrogen-bond acceptors (Lipinski definition) is 0. The van der Waals surface area contributed by atoms with Gasteiger partial charge in [-0.05, 0) is 0 Å². The molecular formula is C15H20N+. The van der Waals surface area contributed by atoms with Gasteiger partial charge in [0, 0.05) is 24.6 Å². The van der Waals surface area contributed by atoms with Gasteiger partial charge >= 0.3 is 0 Å². The highest BCUT2D eigenvalue weighted by Crippen LogP contribution is 1.98. The molecule has 84 valence electrons. The largest absolute Gasteiger partial charge is 0.198 e. The molecule has 0 saturated heterocycles. The molecule has 1 aromatic heterocycles. The molecule has 1 nitrogen and oxygen atoms in total. The van der Waals surface area contributed by atoms with Gasteiger partial charge in [0.15, 0.2) is 18.4 Å². The normalized spacial score (nSPS) is 9.19. The van der Waals surface area contributed by atoms with Crippen molar-refractivity contribution in [2.45, 2.75) is 27.3 Å². The number of pyridine rings is 1. The molecule has 1 heteroatoms. The van der Waals surface area contributed by atoms with E-state index in [9.17, 15) is 0 Å². The number of hydrogen-bond donors (Lipinski definition) is 0. The van der Waals surface area contributed by atoms with E-state index in [1.165, 1.54) is 11.3 Å². The zero-order valence-electron chi connectivity index (χ0n) is 10.4. The molecule has 0 aliphatic rings. The zero-order chi connectivity index (χ0) is 11.8. The van der Waals surface area contributed by atoms with Crippen LogP contribution in [-0.2, 0) is 6.54 Å². The maximum atomic E-state index is 2.25.